The zero-order valence-corrected chi connectivity index (χ0v) is 8.20. The van der Waals surface area contributed by atoms with Crippen LogP contribution in [0.2, 0.25) is 0 Å². The molecule has 0 fully saturated rings. The molecule has 76 valence electrons. The Kier molecular flexibility index (Phi) is 7.59. The van der Waals surface area contributed by atoms with Crippen LogP contribution in [0.15, 0.2) is 25.3 Å². The van der Waals surface area contributed by atoms with E-state index in [-0.39, 0.29) is 6.04 Å². The smallest absolute Gasteiger partial charge is 0.0898 e. The molecule has 0 rings (SSSR count). The second kappa shape index (κ2) is 7.98. The van der Waals surface area contributed by atoms with Crippen molar-refractivity contribution in [3.8, 4) is 0 Å². The Hall–Kier alpha value is -0.640. The molecular weight excluding hydrogens is 166 g/mol. The highest BCUT2D eigenvalue weighted by Gasteiger charge is 2.04. The lowest BCUT2D eigenvalue weighted by molar-refractivity contribution is 0.0489. The zero-order chi connectivity index (χ0) is 10.1. The van der Waals surface area contributed by atoms with Crippen LogP contribution in [-0.4, -0.2) is 37.0 Å². The number of hydrogen-bond donors (Lipinski definition) is 2. The van der Waals surface area contributed by atoms with E-state index in [0.29, 0.717) is 19.8 Å². The third kappa shape index (κ3) is 7.71. The molecule has 0 aromatic heterocycles. The number of nitrogens with one attached hydrogen (secondary N) is 1. The van der Waals surface area contributed by atoms with Gasteiger partial charge >= 0.3 is 0 Å². The van der Waals surface area contributed by atoms with Crippen LogP contribution in [0.25, 0.3) is 0 Å². The van der Waals surface area contributed by atoms with Gasteiger partial charge in [-0.15, -0.1) is 13.2 Å². The fraction of sp³-hybridized carbons (Fsp3) is 0.600. The standard InChI is InChI=1S/C10H19NO2/c1-4-6-13-8-10(12)7-11-9(3)5-2/h4-5,9-12H,1-2,6-8H2,3H3. The maximum absolute atomic E-state index is 9.36. The summed E-state index contributed by atoms with van der Waals surface area (Å²) in [5, 5.41) is 12.4. The van der Waals surface area contributed by atoms with E-state index >= 15 is 0 Å². The Morgan fingerprint density at radius 3 is 2.77 bits per heavy atom. The van der Waals surface area contributed by atoms with Crippen LogP contribution in [-0.2, 0) is 4.74 Å². The number of aliphatic hydroxyl groups excluding tert-OH is 1. The number of ether oxygens (including phenoxy) is 1. The van der Waals surface area contributed by atoms with Crippen molar-refractivity contribution in [2.24, 2.45) is 0 Å². The Labute approximate surface area is 80.1 Å². The predicted octanol–water partition coefficient (Wildman–Crippen LogP) is 0.714. The van der Waals surface area contributed by atoms with Gasteiger partial charge in [-0.2, -0.15) is 0 Å². The Morgan fingerprint density at radius 2 is 2.23 bits per heavy atom. The lowest BCUT2D eigenvalue weighted by Gasteiger charge is -2.14. The molecule has 0 saturated carbocycles. The molecule has 3 heteroatoms. The maximum atomic E-state index is 9.36. The second-order valence-corrected chi connectivity index (χ2v) is 2.91. The van der Waals surface area contributed by atoms with Gasteiger partial charge < -0.3 is 15.2 Å². The van der Waals surface area contributed by atoms with Crippen LogP contribution in [0.4, 0.5) is 0 Å². The summed E-state index contributed by atoms with van der Waals surface area (Å²) < 4.78 is 5.08. The van der Waals surface area contributed by atoms with Gasteiger partial charge in [-0.3, -0.25) is 0 Å². The predicted molar refractivity (Wildman–Crippen MR) is 54.7 cm³/mol. The van der Waals surface area contributed by atoms with Crippen molar-refractivity contribution in [1.29, 1.82) is 0 Å². The molecule has 0 aliphatic heterocycles. The molecule has 0 saturated heterocycles. The lowest BCUT2D eigenvalue weighted by atomic mass is 10.3. The largest absolute Gasteiger partial charge is 0.389 e. The molecule has 0 aliphatic rings. The van der Waals surface area contributed by atoms with E-state index in [9.17, 15) is 5.11 Å². The fourth-order valence-electron chi connectivity index (χ4n) is 0.752. The van der Waals surface area contributed by atoms with Gasteiger partial charge in [0, 0.05) is 12.6 Å². The molecule has 3 nitrogen and oxygen atoms in total. The van der Waals surface area contributed by atoms with Crippen molar-refractivity contribution >= 4 is 0 Å². The van der Waals surface area contributed by atoms with E-state index in [1.54, 1.807) is 12.2 Å². The minimum Gasteiger partial charge on any atom is -0.389 e. The van der Waals surface area contributed by atoms with E-state index < -0.39 is 6.10 Å². The van der Waals surface area contributed by atoms with Crippen LogP contribution < -0.4 is 5.32 Å². The summed E-state index contributed by atoms with van der Waals surface area (Å²) >= 11 is 0. The number of aliphatic hydroxyl groups is 1. The summed E-state index contributed by atoms with van der Waals surface area (Å²) in [5.74, 6) is 0. The lowest BCUT2D eigenvalue weighted by Crippen LogP contribution is -2.34. The SMILES string of the molecule is C=CCOCC(O)CNC(C)C=C. The first kappa shape index (κ1) is 12.4. The van der Waals surface area contributed by atoms with Crippen molar-refractivity contribution in [2.75, 3.05) is 19.8 Å². The molecule has 0 amide bonds. The van der Waals surface area contributed by atoms with Gasteiger partial charge in [-0.1, -0.05) is 12.2 Å². The van der Waals surface area contributed by atoms with Gasteiger partial charge in [-0.25, -0.2) is 0 Å². The fourth-order valence-corrected chi connectivity index (χ4v) is 0.752. The van der Waals surface area contributed by atoms with E-state index in [4.69, 9.17) is 4.74 Å². The Morgan fingerprint density at radius 1 is 1.54 bits per heavy atom. The molecule has 0 aliphatic carbocycles. The third-order valence-electron chi connectivity index (χ3n) is 1.57. The molecule has 2 atom stereocenters. The Balaban J connectivity index is 3.33. The maximum Gasteiger partial charge on any atom is 0.0898 e. The quantitative estimate of drug-likeness (QED) is 0.432. The van der Waals surface area contributed by atoms with Gasteiger partial charge in [0.05, 0.1) is 19.3 Å². The highest BCUT2D eigenvalue weighted by molar-refractivity contribution is 4.81. The van der Waals surface area contributed by atoms with Crippen LogP contribution in [0.1, 0.15) is 6.92 Å². The average Bonchev–Trinajstić information content (AvgIpc) is 2.14. The third-order valence-corrected chi connectivity index (χ3v) is 1.57. The van der Waals surface area contributed by atoms with Crippen molar-refractivity contribution in [1.82, 2.24) is 5.32 Å². The zero-order valence-electron chi connectivity index (χ0n) is 8.20. The van der Waals surface area contributed by atoms with Crippen molar-refractivity contribution < 1.29 is 9.84 Å². The van der Waals surface area contributed by atoms with Gasteiger partial charge in [0.15, 0.2) is 0 Å². The first-order valence-electron chi connectivity index (χ1n) is 4.43. The normalized spacial score (nSPS) is 14.9. The summed E-state index contributed by atoms with van der Waals surface area (Å²) in [6.07, 6.45) is 2.98. The summed E-state index contributed by atoms with van der Waals surface area (Å²) in [6.45, 7) is 10.4. The van der Waals surface area contributed by atoms with Gasteiger partial charge in [0.25, 0.3) is 0 Å². The van der Waals surface area contributed by atoms with E-state index in [1.807, 2.05) is 6.92 Å². The molecule has 0 heterocycles. The summed E-state index contributed by atoms with van der Waals surface area (Å²) in [6, 6.07) is 0.217. The highest BCUT2D eigenvalue weighted by atomic mass is 16.5. The van der Waals surface area contributed by atoms with Crippen LogP contribution in [0.5, 0.6) is 0 Å². The molecule has 0 aromatic carbocycles. The summed E-state index contributed by atoms with van der Waals surface area (Å²) in [4.78, 5) is 0. The van der Waals surface area contributed by atoms with Gasteiger partial charge in [-0.05, 0) is 6.92 Å². The van der Waals surface area contributed by atoms with Crippen molar-refractivity contribution in [3.05, 3.63) is 25.3 Å². The average molecular weight is 185 g/mol. The first-order chi connectivity index (χ1) is 6.20. The molecule has 0 radical (unpaired) electrons. The monoisotopic (exact) mass is 185 g/mol. The highest BCUT2D eigenvalue weighted by Crippen LogP contribution is 1.87. The van der Waals surface area contributed by atoms with Crippen molar-refractivity contribution in [3.63, 3.8) is 0 Å². The number of hydrogen-bond acceptors (Lipinski definition) is 3. The minimum atomic E-state index is -0.470. The van der Waals surface area contributed by atoms with E-state index in [0.717, 1.165) is 0 Å². The molecule has 2 N–H and O–H groups in total. The molecule has 0 bridgehead atoms. The molecular formula is C10H19NO2. The van der Waals surface area contributed by atoms with Crippen LogP contribution >= 0.6 is 0 Å². The molecule has 0 spiro atoms. The van der Waals surface area contributed by atoms with Gasteiger partial charge in [0.2, 0.25) is 0 Å². The van der Waals surface area contributed by atoms with E-state index in [2.05, 4.69) is 18.5 Å². The Bertz CT molecular complexity index is 148. The summed E-state index contributed by atoms with van der Waals surface area (Å²) in [5.41, 5.74) is 0. The summed E-state index contributed by atoms with van der Waals surface area (Å²) in [7, 11) is 0. The molecule has 2 unspecified atom stereocenters. The van der Waals surface area contributed by atoms with Crippen molar-refractivity contribution in [2.45, 2.75) is 19.1 Å². The topological polar surface area (TPSA) is 41.5 Å². The number of rotatable bonds is 8. The van der Waals surface area contributed by atoms with Crippen LogP contribution in [0.3, 0.4) is 0 Å². The van der Waals surface area contributed by atoms with E-state index in [1.165, 1.54) is 0 Å². The van der Waals surface area contributed by atoms with Crippen LogP contribution in [0, 0.1) is 0 Å². The minimum absolute atomic E-state index is 0.217. The van der Waals surface area contributed by atoms with Gasteiger partial charge in [0.1, 0.15) is 0 Å². The molecule has 0 aromatic rings. The second-order valence-electron chi connectivity index (χ2n) is 2.91. The molecule has 13 heavy (non-hydrogen) atoms. The first-order valence-corrected chi connectivity index (χ1v) is 4.43.